The Kier molecular flexibility index (Phi) is 6.61. The highest BCUT2D eigenvalue weighted by Gasteiger charge is 2.21. The summed E-state index contributed by atoms with van der Waals surface area (Å²) in [7, 11) is 0. The van der Waals surface area contributed by atoms with Crippen LogP contribution in [0.4, 0.5) is 0 Å². The molecule has 6 heterocycles. The van der Waals surface area contributed by atoms with Gasteiger partial charge in [-0.2, -0.15) is 0 Å². The van der Waals surface area contributed by atoms with E-state index in [4.69, 9.17) is 33.4 Å². The number of pyridine rings is 3. The fourth-order valence-corrected chi connectivity index (χ4v) is 9.02. The first kappa shape index (κ1) is 28.5. The van der Waals surface area contributed by atoms with Gasteiger partial charge in [0, 0.05) is 40.0 Å². The number of aromatic nitrogens is 7. The second-order valence-corrected chi connectivity index (χ2v) is 15.6. The Hall–Kier alpha value is -9.14. The van der Waals surface area contributed by atoms with Crippen LogP contribution in [0.15, 0.2) is 225 Å². The van der Waals surface area contributed by atoms with Crippen molar-refractivity contribution in [2.24, 2.45) is 0 Å². The third-order valence-corrected chi connectivity index (χ3v) is 11.8. The average Bonchev–Trinajstić information content (AvgIpc) is 4.16. The molecule has 6 aromatic heterocycles. The Bertz CT molecular complexity index is 4390. The summed E-state index contributed by atoms with van der Waals surface area (Å²) in [5.41, 5.74) is 6.23. The molecule has 0 fully saturated rings. The zero-order valence-corrected chi connectivity index (χ0v) is 34.6. The fraction of sp³-hybridized carbons (Fsp3) is 0. The quantitative estimate of drug-likeness (QED) is 0.113. The van der Waals surface area contributed by atoms with Crippen molar-refractivity contribution in [2.75, 3.05) is 0 Å². The normalized spacial score (nSPS) is 13.8. The van der Waals surface area contributed by atoms with Crippen molar-refractivity contribution in [1.82, 2.24) is 28.7 Å². The van der Waals surface area contributed by atoms with Crippen molar-refractivity contribution in [3.63, 3.8) is 0 Å². The third kappa shape index (κ3) is 6.07. The lowest BCUT2D eigenvalue weighted by molar-refractivity contribution is -0.571. The van der Waals surface area contributed by atoms with Gasteiger partial charge in [-0.3, -0.25) is 18.3 Å². The van der Waals surface area contributed by atoms with Crippen LogP contribution in [0.5, 0.6) is 11.5 Å². The predicted molar refractivity (Wildman–Crippen MR) is 263 cm³/mol. The number of benzene rings is 7. The van der Waals surface area contributed by atoms with Crippen LogP contribution in [-0.2, 0) is 0 Å². The van der Waals surface area contributed by atoms with Gasteiger partial charge in [-0.05, 0) is 95.1 Å². The van der Waals surface area contributed by atoms with E-state index < -0.39 is 60.4 Å². The van der Waals surface area contributed by atoms with Crippen molar-refractivity contribution >= 4 is 54.9 Å². The van der Waals surface area contributed by atoms with Crippen LogP contribution < -0.4 is 9.30 Å². The summed E-state index contributed by atoms with van der Waals surface area (Å²) in [4.78, 5) is 14.5. The van der Waals surface area contributed by atoms with Crippen LogP contribution in [0.2, 0.25) is 0 Å². The summed E-state index contributed by atoms with van der Waals surface area (Å²) in [5.74, 6) is 1.74. The summed E-state index contributed by atoms with van der Waals surface area (Å²) in [6.07, 6.45) is 8.82. The predicted octanol–water partition coefficient (Wildman–Crippen LogP) is 13.2. The van der Waals surface area contributed by atoms with Crippen LogP contribution in [0.3, 0.4) is 0 Å². The Labute approximate surface area is 393 Å². The maximum Gasteiger partial charge on any atom is 0.269 e. The lowest BCUT2D eigenvalue weighted by Gasteiger charge is -2.17. The molecule has 310 valence electrons. The molecule has 0 radical (unpaired) electrons. The zero-order chi connectivity index (χ0) is 52.3. The molecule has 8 nitrogen and oxygen atoms in total. The largest absolute Gasteiger partial charge is 0.458 e. The average molecular weight is 858 g/mol. The summed E-state index contributed by atoms with van der Waals surface area (Å²) in [5, 5.41) is 4.04. The highest BCUT2D eigenvalue weighted by atomic mass is 16.5. The van der Waals surface area contributed by atoms with Gasteiger partial charge in [0.2, 0.25) is 0 Å². The van der Waals surface area contributed by atoms with E-state index >= 15 is 0 Å². The second kappa shape index (κ2) is 15.3. The van der Waals surface area contributed by atoms with Crippen molar-refractivity contribution in [1.29, 1.82) is 0 Å². The van der Waals surface area contributed by atoms with E-state index in [2.05, 4.69) is 23.0 Å². The van der Waals surface area contributed by atoms with Gasteiger partial charge in [0.25, 0.3) is 6.33 Å². The summed E-state index contributed by atoms with van der Waals surface area (Å²) < 4.78 is 101. The minimum atomic E-state index is -0.572. The summed E-state index contributed by atoms with van der Waals surface area (Å²) >= 11 is 0. The van der Waals surface area contributed by atoms with E-state index in [1.165, 1.54) is 0 Å². The molecule has 0 aliphatic carbocycles. The molecule has 13 aromatic rings. The van der Waals surface area contributed by atoms with Gasteiger partial charge in [-0.25, -0.2) is 15.0 Å². The molecule has 0 bridgehead atoms. The molecule has 0 spiro atoms. The minimum Gasteiger partial charge on any atom is -0.458 e. The first-order chi connectivity index (χ1) is 36.9. The Balaban J connectivity index is 0.929. The van der Waals surface area contributed by atoms with E-state index in [1.807, 2.05) is 126 Å². The van der Waals surface area contributed by atoms with Gasteiger partial charge in [-0.1, -0.05) is 127 Å². The molecule has 7 aromatic carbocycles. The zero-order valence-electron chi connectivity index (χ0n) is 44.6. The van der Waals surface area contributed by atoms with Crippen molar-refractivity contribution < 1.29 is 23.0 Å². The van der Waals surface area contributed by atoms with Crippen LogP contribution in [0.1, 0.15) is 13.7 Å². The van der Waals surface area contributed by atoms with Gasteiger partial charge in [-0.15, -0.1) is 0 Å². The third-order valence-electron chi connectivity index (χ3n) is 11.8. The van der Waals surface area contributed by atoms with E-state index in [0.717, 1.165) is 49.6 Å². The molecule has 0 saturated heterocycles. The number of fused-ring (bicyclic) bond motifs is 7. The summed E-state index contributed by atoms with van der Waals surface area (Å²) in [6.45, 7) is 0. The highest BCUT2D eigenvalue weighted by Crippen LogP contribution is 2.38. The minimum absolute atomic E-state index is 0.137. The lowest BCUT2D eigenvalue weighted by Crippen LogP contribution is -2.31. The molecule has 0 saturated carbocycles. The SMILES string of the molecule is [2H]c1c([2H])c([2H])c(-c2cccc(-c3c([2H])c([2H])c([2H])c([2H])c3[2H])c2-[n+]2[c-]n(-c3cccc(Oc4ccc5c6ccccc6n(-c6ccc(-n7c8ncccc8c8cccnc87)cn6)c5c4)c3)c3ccccc32)c([2H])c1[2H]. The van der Waals surface area contributed by atoms with Crippen molar-refractivity contribution in [3.8, 4) is 56.6 Å². The first-order valence-electron chi connectivity index (χ1n) is 26.1. The molecule has 0 atom stereocenters. The first-order valence-corrected chi connectivity index (χ1v) is 21.1. The van der Waals surface area contributed by atoms with Crippen molar-refractivity contribution in [3.05, 3.63) is 231 Å². The van der Waals surface area contributed by atoms with E-state index in [0.29, 0.717) is 34.0 Å². The molecule has 0 N–H and O–H groups in total. The molecule has 8 heteroatoms. The van der Waals surface area contributed by atoms with E-state index in [9.17, 15) is 0 Å². The molecular formula is C58H37N7O. The Morgan fingerprint density at radius 1 is 0.485 bits per heavy atom. The smallest absolute Gasteiger partial charge is 0.269 e. The molecule has 0 amide bonds. The number of hydrogen-bond donors (Lipinski definition) is 0. The maximum absolute atomic E-state index is 9.03. The van der Waals surface area contributed by atoms with Crippen molar-refractivity contribution in [2.45, 2.75) is 0 Å². The molecule has 0 aliphatic heterocycles. The number of nitrogens with zero attached hydrogens (tertiary/aromatic N) is 7. The van der Waals surface area contributed by atoms with Crippen LogP contribution in [-0.4, -0.2) is 28.7 Å². The van der Waals surface area contributed by atoms with Gasteiger partial charge in [0.05, 0.1) is 59.0 Å². The van der Waals surface area contributed by atoms with E-state index in [-0.39, 0.29) is 27.9 Å². The number of hydrogen-bond acceptors (Lipinski definition) is 4. The van der Waals surface area contributed by atoms with E-state index in [1.54, 1.807) is 39.7 Å². The Morgan fingerprint density at radius 2 is 1.12 bits per heavy atom. The Morgan fingerprint density at radius 3 is 1.83 bits per heavy atom. The molecular weight excluding hydrogens is 811 g/mol. The molecule has 0 unspecified atom stereocenters. The number of para-hydroxylation sites is 4. The number of imidazole rings is 1. The topological polar surface area (TPSA) is 66.6 Å². The second-order valence-electron chi connectivity index (χ2n) is 15.6. The maximum atomic E-state index is 9.03. The number of rotatable bonds is 8. The lowest BCUT2D eigenvalue weighted by atomic mass is 9.95. The molecule has 13 rings (SSSR count). The van der Waals surface area contributed by atoms with Crippen LogP contribution in [0.25, 0.3) is 100 Å². The standard InChI is InChI=1S/C58H37N7O/c1-3-15-39(16-4-1)45-22-12-23-46(40-17-5-2-6-18-40)56(45)63-38-62(52-27-9-10-28-53(52)63)41-19-11-20-43(35-41)66-44-30-31-48-47-21-7-8-26-51(47)65(54(48)36-44)55-32-29-42(37-61-55)64-57-49(24-13-33-59-57)50-25-14-34-60-58(50)64/h1-37H/i1D,2D,3D,4D,5D,6D,15D,16D,17D,18D. The van der Waals surface area contributed by atoms with Gasteiger partial charge < -0.3 is 4.74 Å². The fourth-order valence-electron chi connectivity index (χ4n) is 9.02. The summed E-state index contributed by atoms with van der Waals surface area (Å²) in [6, 6.07) is 40.3. The number of ether oxygens (including phenoxy) is 1. The van der Waals surface area contributed by atoms with Crippen LogP contribution in [0, 0.1) is 6.33 Å². The van der Waals surface area contributed by atoms with Gasteiger partial charge >= 0.3 is 0 Å². The van der Waals surface area contributed by atoms with Crippen LogP contribution >= 0.6 is 0 Å². The monoisotopic (exact) mass is 857 g/mol. The van der Waals surface area contributed by atoms with Gasteiger partial charge in [0.15, 0.2) is 0 Å². The molecule has 66 heavy (non-hydrogen) atoms. The highest BCUT2D eigenvalue weighted by molar-refractivity contribution is 6.09. The molecule has 0 aliphatic rings. The van der Waals surface area contributed by atoms with Gasteiger partial charge in [0.1, 0.15) is 28.6 Å².